The van der Waals surface area contributed by atoms with Crippen LogP contribution < -0.4 is 5.73 Å². The van der Waals surface area contributed by atoms with E-state index in [9.17, 15) is 0 Å². The van der Waals surface area contributed by atoms with Gasteiger partial charge in [-0.25, -0.2) is 9.67 Å². The number of imidazole rings is 1. The summed E-state index contributed by atoms with van der Waals surface area (Å²) in [5, 5.41) is 4.34. The van der Waals surface area contributed by atoms with Crippen molar-refractivity contribution in [1.29, 1.82) is 0 Å². The molecule has 0 saturated heterocycles. The number of rotatable bonds is 3. The zero-order valence-corrected chi connectivity index (χ0v) is 12.3. The van der Waals surface area contributed by atoms with E-state index in [-0.39, 0.29) is 5.92 Å². The predicted octanol–water partition coefficient (Wildman–Crippen LogP) is 1.46. The van der Waals surface area contributed by atoms with Crippen molar-refractivity contribution in [2.24, 2.45) is 7.05 Å². The summed E-state index contributed by atoms with van der Waals surface area (Å²) in [7, 11) is 3.46. The van der Waals surface area contributed by atoms with Gasteiger partial charge in [0.1, 0.15) is 5.76 Å². The summed E-state index contributed by atoms with van der Waals surface area (Å²) >= 11 is 0. The van der Waals surface area contributed by atoms with Gasteiger partial charge in [0, 0.05) is 25.6 Å². The molecule has 1 atom stereocenters. The van der Waals surface area contributed by atoms with Crippen LogP contribution in [0.25, 0.3) is 5.70 Å². The van der Waals surface area contributed by atoms with Crippen LogP contribution in [0.2, 0.25) is 0 Å². The smallest absolute Gasteiger partial charge is 0.218 e. The van der Waals surface area contributed by atoms with Crippen LogP contribution in [0.3, 0.4) is 0 Å². The molecule has 21 heavy (non-hydrogen) atoms. The van der Waals surface area contributed by atoms with Gasteiger partial charge in [0.2, 0.25) is 5.95 Å². The minimum absolute atomic E-state index is 0.0665. The fraction of sp³-hybridized carbons (Fsp3) is 0.357. The molecule has 1 unspecified atom stereocenters. The normalized spacial score (nSPS) is 18.3. The van der Waals surface area contributed by atoms with Crippen LogP contribution in [0, 0.1) is 6.92 Å². The first-order valence-corrected chi connectivity index (χ1v) is 6.71. The van der Waals surface area contributed by atoms with Gasteiger partial charge in [0.05, 0.1) is 24.8 Å². The number of nitrogens with zero attached hydrogens (tertiary/aromatic N) is 5. The van der Waals surface area contributed by atoms with Crippen molar-refractivity contribution in [3.8, 4) is 0 Å². The number of nitrogens with two attached hydrogens (primary N) is 1. The molecule has 2 N–H and O–H groups in total. The van der Waals surface area contributed by atoms with Crippen LogP contribution in [0.5, 0.6) is 0 Å². The Morgan fingerprint density at radius 1 is 1.43 bits per heavy atom. The third-order valence-electron chi connectivity index (χ3n) is 3.56. The van der Waals surface area contributed by atoms with Gasteiger partial charge in [0.25, 0.3) is 0 Å². The molecule has 7 heteroatoms. The lowest BCUT2D eigenvalue weighted by Crippen LogP contribution is -2.10. The number of allylic oxidation sites excluding steroid dienone is 4. The highest BCUT2D eigenvalue weighted by Crippen LogP contribution is 2.32. The van der Waals surface area contributed by atoms with E-state index in [1.165, 1.54) is 0 Å². The highest BCUT2D eigenvalue weighted by molar-refractivity contribution is 5.62. The highest BCUT2D eigenvalue weighted by Gasteiger charge is 2.23. The first-order valence-electron chi connectivity index (χ1n) is 6.71. The minimum Gasteiger partial charge on any atom is -0.499 e. The molecule has 2 aromatic rings. The van der Waals surface area contributed by atoms with Gasteiger partial charge in [-0.3, -0.25) is 0 Å². The van der Waals surface area contributed by atoms with Crippen molar-refractivity contribution in [1.82, 2.24) is 24.3 Å². The van der Waals surface area contributed by atoms with Crippen LogP contribution in [0.15, 0.2) is 30.4 Å². The number of hydrogen-bond donors (Lipinski definition) is 1. The summed E-state index contributed by atoms with van der Waals surface area (Å²) in [6.45, 7) is 1.96. The van der Waals surface area contributed by atoms with Crippen molar-refractivity contribution in [3.63, 3.8) is 0 Å². The molecule has 7 nitrogen and oxygen atoms in total. The number of aryl methyl sites for hydroxylation is 2. The number of anilines is 1. The molecular weight excluding hydrogens is 268 g/mol. The maximum atomic E-state index is 5.75. The van der Waals surface area contributed by atoms with Crippen molar-refractivity contribution in [3.05, 3.63) is 42.0 Å². The lowest BCUT2D eigenvalue weighted by atomic mass is 9.97. The number of ether oxygens (including phenoxy) is 1. The Hall–Kier alpha value is -2.57. The first kappa shape index (κ1) is 13.4. The van der Waals surface area contributed by atoms with Crippen molar-refractivity contribution >= 4 is 11.6 Å². The average molecular weight is 286 g/mol. The molecular formula is C14H18N6O. The van der Waals surface area contributed by atoms with Crippen molar-refractivity contribution in [2.45, 2.75) is 19.3 Å². The van der Waals surface area contributed by atoms with Crippen LogP contribution in [0.4, 0.5) is 5.95 Å². The topological polar surface area (TPSA) is 83.8 Å². The Morgan fingerprint density at radius 2 is 2.24 bits per heavy atom. The largest absolute Gasteiger partial charge is 0.499 e. The molecule has 3 rings (SSSR count). The van der Waals surface area contributed by atoms with E-state index < -0.39 is 0 Å². The summed E-state index contributed by atoms with van der Waals surface area (Å²) in [4.78, 5) is 8.53. The van der Waals surface area contributed by atoms with E-state index in [1.54, 1.807) is 25.2 Å². The van der Waals surface area contributed by atoms with E-state index in [1.807, 2.05) is 23.8 Å². The van der Waals surface area contributed by atoms with Crippen LogP contribution in [-0.4, -0.2) is 31.4 Å². The summed E-state index contributed by atoms with van der Waals surface area (Å²) < 4.78 is 9.08. The summed E-state index contributed by atoms with van der Waals surface area (Å²) in [5.74, 6) is 2.07. The summed E-state index contributed by atoms with van der Waals surface area (Å²) in [5.41, 5.74) is 7.70. The third-order valence-corrected chi connectivity index (χ3v) is 3.56. The second-order valence-corrected chi connectivity index (χ2v) is 5.06. The van der Waals surface area contributed by atoms with Gasteiger partial charge in [-0.15, -0.1) is 0 Å². The zero-order valence-electron chi connectivity index (χ0n) is 12.3. The molecule has 2 aromatic heterocycles. The van der Waals surface area contributed by atoms with E-state index >= 15 is 0 Å². The SMILES string of the molecule is COC1=C(n2cnc(C)c2)C=CC(c2nc(N)n(C)n2)C1. The third kappa shape index (κ3) is 2.42. The average Bonchev–Trinajstić information content (AvgIpc) is 3.05. The molecule has 2 heterocycles. The zero-order chi connectivity index (χ0) is 15.0. The maximum Gasteiger partial charge on any atom is 0.218 e. The standard InChI is InChI=1S/C14H18N6O/c1-9-7-20(8-16-9)11-5-4-10(6-12(11)21-3)13-17-14(15)19(2)18-13/h4-5,7-8,10H,6H2,1-3H3,(H2,15,17,18). The molecule has 0 saturated carbocycles. The maximum absolute atomic E-state index is 5.75. The Bertz CT molecular complexity index is 704. The van der Waals surface area contributed by atoms with E-state index in [0.29, 0.717) is 18.2 Å². The Balaban J connectivity index is 1.91. The molecule has 1 aliphatic rings. The molecule has 0 aliphatic heterocycles. The van der Waals surface area contributed by atoms with Crippen LogP contribution in [-0.2, 0) is 11.8 Å². The fourth-order valence-corrected chi connectivity index (χ4v) is 2.39. The van der Waals surface area contributed by atoms with Gasteiger partial charge in [-0.2, -0.15) is 10.1 Å². The van der Waals surface area contributed by atoms with Crippen LogP contribution >= 0.6 is 0 Å². The molecule has 110 valence electrons. The number of nitrogen functional groups attached to an aromatic ring is 1. The van der Waals surface area contributed by atoms with Gasteiger partial charge >= 0.3 is 0 Å². The summed E-state index contributed by atoms with van der Waals surface area (Å²) in [6.07, 6.45) is 8.53. The van der Waals surface area contributed by atoms with E-state index in [2.05, 4.69) is 21.1 Å². The number of methoxy groups -OCH3 is 1. The van der Waals surface area contributed by atoms with Gasteiger partial charge < -0.3 is 15.0 Å². The Kier molecular flexibility index (Phi) is 3.25. The monoisotopic (exact) mass is 286 g/mol. The molecule has 0 spiro atoms. The second-order valence-electron chi connectivity index (χ2n) is 5.06. The highest BCUT2D eigenvalue weighted by atomic mass is 16.5. The first-order chi connectivity index (χ1) is 10.1. The molecule has 0 fully saturated rings. The molecule has 0 bridgehead atoms. The lowest BCUT2D eigenvalue weighted by molar-refractivity contribution is 0.272. The molecule has 0 aromatic carbocycles. The van der Waals surface area contributed by atoms with Crippen LogP contribution in [0.1, 0.15) is 23.9 Å². The van der Waals surface area contributed by atoms with Crippen molar-refractivity contribution < 1.29 is 4.74 Å². The fourth-order valence-electron chi connectivity index (χ4n) is 2.39. The van der Waals surface area contributed by atoms with E-state index in [0.717, 1.165) is 17.2 Å². The van der Waals surface area contributed by atoms with Gasteiger partial charge in [-0.1, -0.05) is 6.08 Å². The molecule has 0 radical (unpaired) electrons. The quantitative estimate of drug-likeness (QED) is 0.923. The second kappa shape index (κ2) is 5.08. The van der Waals surface area contributed by atoms with Crippen molar-refractivity contribution in [2.75, 3.05) is 12.8 Å². The minimum atomic E-state index is 0.0665. The molecule has 0 amide bonds. The predicted molar refractivity (Wildman–Crippen MR) is 79.1 cm³/mol. The summed E-state index contributed by atoms with van der Waals surface area (Å²) in [6, 6.07) is 0. The number of hydrogen-bond acceptors (Lipinski definition) is 5. The molecule has 1 aliphatic carbocycles. The van der Waals surface area contributed by atoms with Gasteiger partial charge in [0.15, 0.2) is 5.82 Å². The Labute approximate surface area is 122 Å². The lowest BCUT2D eigenvalue weighted by Gasteiger charge is -2.20. The number of aromatic nitrogens is 5. The van der Waals surface area contributed by atoms with Gasteiger partial charge in [-0.05, 0) is 13.0 Å². The Morgan fingerprint density at radius 3 is 2.81 bits per heavy atom. The van der Waals surface area contributed by atoms with E-state index in [4.69, 9.17) is 10.5 Å².